The molecule has 0 N–H and O–H groups in total. The van der Waals surface area contributed by atoms with Gasteiger partial charge < -0.3 is 4.90 Å². The highest BCUT2D eigenvalue weighted by Crippen LogP contribution is 2.36. The molecule has 1 aromatic carbocycles. The highest BCUT2D eigenvalue weighted by molar-refractivity contribution is 9.10. The average Bonchev–Trinajstić information content (AvgIpc) is 3.42. The molecule has 0 unspecified atom stereocenters. The van der Waals surface area contributed by atoms with E-state index in [9.17, 15) is 0 Å². The van der Waals surface area contributed by atoms with Crippen molar-refractivity contribution < 1.29 is 0 Å². The minimum Gasteiger partial charge on any atom is -0.370 e. The van der Waals surface area contributed by atoms with Gasteiger partial charge in [-0.3, -0.25) is 4.40 Å². The summed E-state index contributed by atoms with van der Waals surface area (Å²) in [6, 6.07) is 13.1. The quantitative estimate of drug-likeness (QED) is 0.617. The van der Waals surface area contributed by atoms with Crippen LogP contribution in [0.3, 0.4) is 0 Å². The molecule has 0 bridgehead atoms. The van der Waals surface area contributed by atoms with Gasteiger partial charge in [0.2, 0.25) is 0 Å². The minimum absolute atomic E-state index is 0.674. The van der Waals surface area contributed by atoms with E-state index in [1.54, 1.807) is 0 Å². The fourth-order valence-electron chi connectivity index (χ4n) is 4.11. The number of hydrogen-bond donors (Lipinski definition) is 0. The molecule has 2 aromatic heterocycles. The van der Waals surface area contributed by atoms with Gasteiger partial charge in [-0.1, -0.05) is 30.3 Å². The second-order valence-electron chi connectivity index (χ2n) is 7.64. The summed E-state index contributed by atoms with van der Waals surface area (Å²) in [5.41, 5.74) is 3.67. The first-order valence-electron chi connectivity index (χ1n) is 9.61. The van der Waals surface area contributed by atoms with Gasteiger partial charge >= 0.3 is 0 Å². The molecule has 134 valence electrons. The lowest BCUT2D eigenvalue weighted by atomic mass is 9.89. The minimum atomic E-state index is 0.674. The van der Waals surface area contributed by atoms with E-state index in [2.05, 4.69) is 78.0 Å². The number of hydrogen-bond acceptors (Lipinski definition) is 3. The Kier molecular flexibility index (Phi) is 4.20. The molecule has 0 radical (unpaired) electrons. The fraction of sp³-hybridized carbons (Fsp3) is 0.429. The number of rotatable bonds is 4. The number of halogens is 1. The Balaban J connectivity index is 1.35. The summed E-state index contributed by atoms with van der Waals surface area (Å²) in [6.45, 7) is 2.16. The lowest BCUT2D eigenvalue weighted by Gasteiger charge is -2.34. The highest BCUT2D eigenvalue weighted by atomic mass is 79.9. The summed E-state index contributed by atoms with van der Waals surface area (Å²) >= 11 is 3.81. The van der Waals surface area contributed by atoms with E-state index in [1.165, 1.54) is 36.9 Å². The van der Waals surface area contributed by atoms with Crippen LogP contribution >= 0.6 is 15.9 Å². The first-order valence-corrected chi connectivity index (χ1v) is 10.4. The molecule has 0 spiro atoms. The van der Waals surface area contributed by atoms with E-state index in [1.807, 2.05) is 0 Å². The Morgan fingerprint density at radius 2 is 1.73 bits per heavy atom. The summed E-state index contributed by atoms with van der Waals surface area (Å²) in [6.07, 6.45) is 8.27. The van der Waals surface area contributed by atoms with Crippen LogP contribution in [0.25, 0.3) is 5.65 Å². The Morgan fingerprint density at radius 3 is 2.46 bits per heavy atom. The number of fused-ring (bicyclic) bond motifs is 1. The molecule has 0 amide bonds. The van der Waals surface area contributed by atoms with Crippen LogP contribution in [-0.2, 0) is 6.42 Å². The summed E-state index contributed by atoms with van der Waals surface area (Å²) < 4.78 is 3.23. The zero-order chi connectivity index (χ0) is 17.5. The number of benzene rings is 1. The molecule has 5 heteroatoms. The molecule has 3 aromatic rings. The van der Waals surface area contributed by atoms with Crippen molar-refractivity contribution in [1.82, 2.24) is 14.6 Å². The lowest BCUT2D eigenvalue weighted by molar-refractivity contribution is 0.505. The molecule has 0 atom stereocenters. The Labute approximate surface area is 162 Å². The maximum atomic E-state index is 4.46. The van der Waals surface area contributed by atoms with E-state index in [4.69, 9.17) is 0 Å². The van der Waals surface area contributed by atoms with Gasteiger partial charge in [0, 0.05) is 25.7 Å². The Hall–Kier alpha value is -1.88. The first-order chi connectivity index (χ1) is 12.8. The molecular weight excluding hydrogens is 388 g/mol. The van der Waals surface area contributed by atoms with Crippen molar-refractivity contribution in [2.24, 2.45) is 5.92 Å². The van der Waals surface area contributed by atoms with Crippen LogP contribution in [0.2, 0.25) is 0 Å². The maximum absolute atomic E-state index is 4.46. The van der Waals surface area contributed by atoms with Crippen molar-refractivity contribution in [2.45, 2.75) is 38.0 Å². The topological polar surface area (TPSA) is 33.4 Å². The second kappa shape index (κ2) is 6.69. The molecule has 1 aliphatic heterocycles. The van der Waals surface area contributed by atoms with Gasteiger partial charge in [-0.25, -0.2) is 0 Å². The molecule has 1 saturated carbocycles. The van der Waals surface area contributed by atoms with E-state index >= 15 is 0 Å². The predicted molar refractivity (Wildman–Crippen MR) is 108 cm³/mol. The van der Waals surface area contributed by atoms with Crippen molar-refractivity contribution in [3.05, 3.63) is 58.5 Å². The summed E-state index contributed by atoms with van der Waals surface area (Å²) in [5, 5.41) is 8.90. The summed E-state index contributed by atoms with van der Waals surface area (Å²) in [5.74, 6) is 2.59. The highest BCUT2D eigenvalue weighted by Gasteiger charge is 2.26. The Morgan fingerprint density at radius 1 is 0.962 bits per heavy atom. The SMILES string of the molecule is Brc1c(N2CCC(c3ccccc3)CC2)ccn2c(CC3CC3)nnc12. The van der Waals surface area contributed by atoms with Crippen LogP contribution in [0.4, 0.5) is 5.69 Å². The molecule has 4 nitrogen and oxygen atoms in total. The molecule has 3 heterocycles. The van der Waals surface area contributed by atoms with Crippen LogP contribution in [-0.4, -0.2) is 27.7 Å². The second-order valence-corrected chi connectivity index (χ2v) is 8.44. The maximum Gasteiger partial charge on any atom is 0.177 e. The van der Waals surface area contributed by atoms with Crippen LogP contribution in [0.5, 0.6) is 0 Å². The van der Waals surface area contributed by atoms with E-state index in [0.717, 1.165) is 41.4 Å². The van der Waals surface area contributed by atoms with E-state index < -0.39 is 0 Å². The molecule has 2 aliphatic rings. The smallest absolute Gasteiger partial charge is 0.177 e. The third-order valence-corrected chi connectivity index (χ3v) is 6.60. The predicted octanol–water partition coefficient (Wildman–Crippen LogP) is 4.83. The van der Waals surface area contributed by atoms with Crippen molar-refractivity contribution in [1.29, 1.82) is 0 Å². The number of piperidine rings is 1. The van der Waals surface area contributed by atoms with Gasteiger partial charge in [-0.15, -0.1) is 10.2 Å². The fourth-order valence-corrected chi connectivity index (χ4v) is 4.76. The van der Waals surface area contributed by atoms with Gasteiger partial charge in [-0.05, 0) is 65.1 Å². The third-order valence-electron chi connectivity index (χ3n) is 5.84. The number of anilines is 1. The first kappa shape index (κ1) is 16.3. The van der Waals surface area contributed by atoms with Gasteiger partial charge in [-0.2, -0.15) is 0 Å². The van der Waals surface area contributed by atoms with Gasteiger partial charge in [0.15, 0.2) is 5.65 Å². The third kappa shape index (κ3) is 3.02. The Bertz CT molecular complexity index is 908. The van der Waals surface area contributed by atoms with Crippen LogP contribution in [0, 0.1) is 5.92 Å². The van der Waals surface area contributed by atoms with Crippen molar-refractivity contribution >= 4 is 27.3 Å². The zero-order valence-electron chi connectivity index (χ0n) is 14.8. The molecule has 1 saturated heterocycles. The molecule has 2 fully saturated rings. The lowest BCUT2D eigenvalue weighted by Crippen LogP contribution is -2.33. The summed E-state index contributed by atoms with van der Waals surface area (Å²) in [4.78, 5) is 2.48. The summed E-state index contributed by atoms with van der Waals surface area (Å²) in [7, 11) is 0. The van der Waals surface area contributed by atoms with E-state index in [-0.39, 0.29) is 0 Å². The zero-order valence-corrected chi connectivity index (χ0v) is 16.4. The molecule has 1 aliphatic carbocycles. The number of pyridine rings is 1. The number of nitrogens with zero attached hydrogens (tertiary/aromatic N) is 4. The average molecular weight is 411 g/mol. The standard InChI is InChI=1S/C21H23BrN4/c22-20-18(10-13-26-19(14-15-6-7-15)23-24-21(20)26)25-11-8-17(9-12-25)16-4-2-1-3-5-16/h1-5,10,13,15,17H,6-9,11-12,14H2. The van der Waals surface area contributed by atoms with Crippen LogP contribution in [0.1, 0.15) is 43.0 Å². The van der Waals surface area contributed by atoms with Gasteiger partial charge in [0.1, 0.15) is 5.82 Å². The molecule has 5 rings (SSSR count). The largest absolute Gasteiger partial charge is 0.370 e. The van der Waals surface area contributed by atoms with E-state index in [0.29, 0.717) is 5.92 Å². The molecule has 26 heavy (non-hydrogen) atoms. The van der Waals surface area contributed by atoms with Crippen LogP contribution < -0.4 is 4.90 Å². The monoisotopic (exact) mass is 410 g/mol. The van der Waals surface area contributed by atoms with Crippen molar-refractivity contribution in [2.75, 3.05) is 18.0 Å². The van der Waals surface area contributed by atoms with Gasteiger partial charge in [0.25, 0.3) is 0 Å². The normalized spacial score (nSPS) is 18.6. The van der Waals surface area contributed by atoms with Gasteiger partial charge in [0.05, 0.1) is 10.2 Å². The number of aromatic nitrogens is 3. The van der Waals surface area contributed by atoms with Crippen molar-refractivity contribution in [3.63, 3.8) is 0 Å². The van der Waals surface area contributed by atoms with Crippen LogP contribution in [0.15, 0.2) is 47.1 Å². The molecular formula is C21H23BrN4. The van der Waals surface area contributed by atoms with Crippen molar-refractivity contribution in [3.8, 4) is 0 Å².